The third-order valence-electron chi connectivity index (χ3n) is 0.882. The molecular formula is C6H4BrF3. The fraction of sp³-hybridized carbons (Fsp3) is 0. The summed E-state index contributed by atoms with van der Waals surface area (Å²) in [5, 5.41) is 0. The third-order valence-corrected chi connectivity index (χ3v) is 0.882. The standard InChI is InChI=1S/C6H3F3.BrH/c7-4-1-2-5(8)6(9)3-4;/h1-3H;1H. The molecule has 0 unspecified atom stereocenters. The number of hydrogen-bond acceptors (Lipinski definition) is 0. The zero-order valence-electron chi connectivity index (χ0n) is 4.77. The second-order valence-corrected chi connectivity index (χ2v) is 1.56. The predicted octanol–water partition coefficient (Wildman–Crippen LogP) is 2.68. The van der Waals surface area contributed by atoms with E-state index in [-0.39, 0.29) is 17.0 Å². The third kappa shape index (κ3) is 2.02. The molecule has 0 saturated heterocycles. The van der Waals surface area contributed by atoms with Gasteiger partial charge in [0.1, 0.15) is 5.82 Å². The summed E-state index contributed by atoms with van der Waals surface area (Å²) < 4.78 is 35.9. The van der Waals surface area contributed by atoms with Crippen LogP contribution in [0.1, 0.15) is 0 Å². The minimum atomic E-state index is -1.16. The van der Waals surface area contributed by atoms with Crippen molar-refractivity contribution in [2.24, 2.45) is 0 Å². The molecule has 56 valence electrons. The molecule has 0 N–H and O–H groups in total. The second-order valence-electron chi connectivity index (χ2n) is 1.56. The van der Waals surface area contributed by atoms with Gasteiger partial charge in [0.2, 0.25) is 0 Å². The Bertz CT molecular complexity index is 224. The molecule has 0 radical (unpaired) electrons. The Hall–Kier alpha value is -0.510. The minimum absolute atomic E-state index is 0. The minimum Gasteiger partial charge on any atom is -0.207 e. The molecule has 1 rings (SSSR count). The normalized spacial score (nSPS) is 8.70. The molecule has 0 saturated carbocycles. The van der Waals surface area contributed by atoms with Crippen LogP contribution >= 0.6 is 17.0 Å². The van der Waals surface area contributed by atoms with Gasteiger partial charge in [-0.25, -0.2) is 13.2 Å². The van der Waals surface area contributed by atoms with Crippen molar-refractivity contribution in [2.75, 3.05) is 0 Å². The second kappa shape index (κ2) is 3.61. The van der Waals surface area contributed by atoms with Crippen LogP contribution in [0.5, 0.6) is 0 Å². The van der Waals surface area contributed by atoms with E-state index in [9.17, 15) is 13.2 Å². The van der Waals surface area contributed by atoms with Gasteiger partial charge in [0, 0.05) is 6.07 Å². The van der Waals surface area contributed by atoms with Gasteiger partial charge in [0.05, 0.1) is 0 Å². The lowest BCUT2D eigenvalue weighted by Gasteiger charge is -1.88. The highest BCUT2D eigenvalue weighted by Crippen LogP contribution is 2.05. The fourth-order valence-corrected chi connectivity index (χ4v) is 0.470. The van der Waals surface area contributed by atoms with Crippen molar-refractivity contribution in [3.63, 3.8) is 0 Å². The van der Waals surface area contributed by atoms with Gasteiger partial charge in [-0.15, -0.1) is 17.0 Å². The molecule has 4 heteroatoms. The van der Waals surface area contributed by atoms with Gasteiger partial charge in [-0.2, -0.15) is 0 Å². The molecule has 0 amide bonds. The van der Waals surface area contributed by atoms with Crippen molar-refractivity contribution in [3.05, 3.63) is 35.7 Å². The van der Waals surface area contributed by atoms with Gasteiger partial charge in [-0.3, -0.25) is 0 Å². The first kappa shape index (κ1) is 9.49. The van der Waals surface area contributed by atoms with Crippen LogP contribution in [0.25, 0.3) is 0 Å². The van der Waals surface area contributed by atoms with E-state index in [1.807, 2.05) is 0 Å². The summed E-state index contributed by atoms with van der Waals surface area (Å²) in [7, 11) is 0. The number of rotatable bonds is 0. The summed E-state index contributed by atoms with van der Waals surface area (Å²) in [6, 6.07) is 2.10. The van der Waals surface area contributed by atoms with Crippen LogP contribution in [0, 0.1) is 17.5 Å². The van der Waals surface area contributed by atoms with Crippen LogP contribution in [0.2, 0.25) is 0 Å². The summed E-state index contributed by atoms with van der Waals surface area (Å²) in [6.45, 7) is 0. The van der Waals surface area contributed by atoms with Crippen molar-refractivity contribution in [3.8, 4) is 0 Å². The number of benzene rings is 1. The smallest absolute Gasteiger partial charge is 0.161 e. The molecule has 0 heterocycles. The largest absolute Gasteiger partial charge is 0.207 e. The molecule has 10 heavy (non-hydrogen) atoms. The van der Waals surface area contributed by atoms with Gasteiger partial charge < -0.3 is 0 Å². The fourth-order valence-electron chi connectivity index (χ4n) is 0.470. The summed E-state index contributed by atoms with van der Waals surface area (Å²) in [5.74, 6) is -2.96. The molecule has 0 aliphatic carbocycles. The maximum absolute atomic E-state index is 12.0. The van der Waals surface area contributed by atoms with E-state index in [0.29, 0.717) is 6.07 Å². The average molecular weight is 213 g/mol. The maximum atomic E-state index is 12.0. The summed E-state index contributed by atoms with van der Waals surface area (Å²) >= 11 is 0. The highest BCUT2D eigenvalue weighted by Gasteiger charge is 1.99. The SMILES string of the molecule is Br.Fc1ccc(F)c(F)c1. The van der Waals surface area contributed by atoms with Crippen LogP contribution in [-0.2, 0) is 0 Å². The average Bonchev–Trinajstić information content (AvgIpc) is 1.80. The predicted molar refractivity (Wildman–Crippen MR) is 36.6 cm³/mol. The first-order chi connectivity index (χ1) is 4.20. The van der Waals surface area contributed by atoms with Crippen LogP contribution in [0.3, 0.4) is 0 Å². The van der Waals surface area contributed by atoms with Gasteiger partial charge in [-0.05, 0) is 12.1 Å². The monoisotopic (exact) mass is 212 g/mol. The van der Waals surface area contributed by atoms with Gasteiger partial charge in [0.25, 0.3) is 0 Å². The Morgan fingerprint density at radius 3 is 1.90 bits per heavy atom. The molecule has 0 nitrogen and oxygen atoms in total. The Labute approximate surface area is 66.4 Å². The van der Waals surface area contributed by atoms with E-state index < -0.39 is 17.5 Å². The molecule has 0 aromatic heterocycles. The number of hydrogen-bond donors (Lipinski definition) is 0. The van der Waals surface area contributed by atoms with Crippen LogP contribution in [0.4, 0.5) is 13.2 Å². The zero-order valence-corrected chi connectivity index (χ0v) is 6.49. The molecule has 0 bridgehead atoms. The number of halogens is 4. The molecule has 0 atom stereocenters. The first-order valence-corrected chi connectivity index (χ1v) is 2.30. The van der Waals surface area contributed by atoms with Crippen molar-refractivity contribution < 1.29 is 13.2 Å². The lowest BCUT2D eigenvalue weighted by atomic mass is 10.3. The molecule has 0 aliphatic rings. The molecule has 0 spiro atoms. The Morgan fingerprint density at radius 1 is 0.900 bits per heavy atom. The van der Waals surface area contributed by atoms with E-state index in [2.05, 4.69) is 0 Å². The quantitative estimate of drug-likeness (QED) is 0.581. The Kier molecular flexibility index (Phi) is 3.42. The van der Waals surface area contributed by atoms with Gasteiger partial charge in [-0.1, -0.05) is 0 Å². The maximum Gasteiger partial charge on any atom is 0.161 e. The Morgan fingerprint density at radius 2 is 1.50 bits per heavy atom. The lowest BCUT2D eigenvalue weighted by Crippen LogP contribution is -1.83. The van der Waals surface area contributed by atoms with Crippen molar-refractivity contribution in [1.82, 2.24) is 0 Å². The van der Waals surface area contributed by atoms with Crippen molar-refractivity contribution >= 4 is 17.0 Å². The van der Waals surface area contributed by atoms with Crippen LogP contribution in [-0.4, -0.2) is 0 Å². The Balaban J connectivity index is 0.000000810. The van der Waals surface area contributed by atoms with Gasteiger partial charge in [0.15, 0.2) is 11.6 Å². The van der Waals surface area contributed by atoms with E-state index in [4.69, 9.17) is 0 Å². The summed E-state index contributed by atoms with van der Waals surface area (Å²) in [5.41, 5.74) is 0. The summed E-state index contributed by atoms with van der Waals surface area (Å²) in [6.07, 6.45) is 0. The molecular weight excluding hydrogens is 209 g/mol. The van der Waals surface area contributed by atoms with Gasteiger partial charge >= 0.3 is 0 Å². The molecule has 0 fully saturated rings. The van der Waals surface area contributed by atoms with E-state index in [1.54, 1.807) is 0 Å². The van der Waals surface area contributed by atoms with Crippen LogP contribution < -0.4 is 0 Å². The molecule has 1 aromatic carbocycles. The first-order valence-electron chi connectivity index (χ1n) is 2.30. The van der Waals surface area contributed by atoms with E-state index >= 15 is 0 Å². The lowest BCUT2D eigenvalue weighted by molar-refractivity contribution is 0.495. The highest BCUT2D eigenvalue weighted by molar-refractivity contribution is 8.93. The molecule has 0 aliphatic heterocycles. The topological polar surface area (TPSA) is 0 Å². The van der Waals surface area contributed by atoms with Crippen LogP contribution in [0.15, 0.2) is 18.2 Å². The van der Waals surface area contributed by atoms with Crippen molar-refractivity contribution in [2.45, 2.75) is 0 Å². The van der Waals surface area contributed by atoms with E-state index in [1.165, 1.54) is 0 Å². The summed E-state index contributed by atoms with van der Waals surface area (Å²) in [4.78, 5) is 0. The van der Waals surface area contributed by atoms with E-state index in [0.717, 1.165) is 12.1 Å². The molecule has 1 aromatic rings. The zero-order chi connectivity index (χ0) is 6.85. The highest BCUT2D eigenvalue weighted by atomic mass is 79.9. The van der Waals surface area contributed by atoms with Crippen molar-refractivity contribution in [1.29, 1.82) is 0 Å².